The highest BCUT2D eigenvalue weighted by Gasteiger charge is 2.18. The number of methoxy groups -OCH3 is 1. The van der Waals surface area contributed by atoms with Gasteiger partial charge < -0.3 is 9.84 Å². The van der Waals surface area contributed by atoms with E-state index in [1.165, 1.54) is 0 Å². The van der Waals surface area contributed by atoms with Crippen LogP contribution in [0.3, 0.4) is 0 Å². The second-order valence-corrected chi connectivity index (χ2v) is 7.13. The van der Waals surface area contributed by atoms with Crippen LogP contribution < -0.4 is 4.74 Å². The average molecular weight is 431 g/mol. The molecule has 1 N–H and O–H groups in total. The van der Waals surface area contributed by atoms with Crippen molar-refractivity contribution in [3.63, 3.8) is 0 Å². The van der Waals surface area contributed by atoms with E-state index in [4.69, 9.17) is 4.74 Å². The molecule has 0 aliphatic rings. The van der Waals surface area contributed by atoms with Crippen molar-refractivity contribution in [2.75, 3.05) is 21.2 Å². The number of fused-ring (bicyclic) bond motifs is 1. The SMILES string of the molecule is COc1ccc(C(=O)N=Nc2c(O)n(CN(C)C)c3ccc(Br)cc23)cc1. The van der Waals surface area contributed by atoms with Gasteiger partial charge in [-0.1, -0.05) is 15.9 Å². The number of ether oxygens (including phenoxy) is 1. The number of rotatable bonds is 5. The van der Waals surface area contributed by atoms with Crippen LogP contribution in [0.1, 0.15) is 10.4 Å². The summed E-state index contributed by atoms with van der Waals surface area (Å²) < 4.78 is 7.64. The highest BCUT2D eigenvalue weighted by Crippen LogP contribution is 2.40. The van der Waals surface area contributed by atoms with E-state index in [9.17, 15) is 9.90 Å². The first-order chi connectivity index (χ1) is 12.9. The van der Waals surface area contributed by atoms with Crippen molar-refractivity contribution in [1.29, 1.82) is 0 Å². The summed E-state index contributed by atoms with van der Waals surface area (Å²) in [5.74, 6) is 0.112. The number of aromatic nitrogens is 1. The minimum atomic E-state index is -0.499. The van der Waals surface area contributed by atoms with E-state index >= 15 is 0 Å². The van der Waals surface area contributed by atoms with E-state index in [1.807, 2.05) is 37.2 Å². The van der Waals surface area contributed by atoms with E-state index in [1.54, 1.807) is 35.9 Å². The lowest BCUT2D eigenvalue weighted by Gasteiger charge is -2.13. The van der Waals surface area contributed by atoms with Crippen molar-refractivity contribution >= 4 is 38.4 Å². The zero-order valence-electron chi connectivity index (χ0n) is 15.2. The average Bonchev–Trinajstić information content (AvgIpc) is 2.90. The van der Waals surface area contributed by atoms with Gasteiger partial charge in [-0.15, -0.1) is 10.2 Å². The molecule has 27 heavy (non-hydrogen) atoms. The third kappa shape index (κ3) is 4.01. The molecule has 3 rings (SSSR count). The Morgan fingerprint density at radius 1 is 1.22 bits per heavy atom. The Morgan fingerprint density at radius 2 is 1.93 bits per heavy atom. The minimum absolute atomic E-state index is 0.0388. The summed E-state index contributed by atoms with van der Waals surface area (Å²) in [5.41, 5.74) is 1.45. The Labute approximate surface area is 165 Å². The molecule has 2 aromatic carbocycles. The first-order valence-corrected chi connectivity index (χ1v) is 8.95. The Hall–Kier alpha value is -2.71. The number of carbonyl (C=O) groups is 1. The molecule has 0 atom stereocenters. The van der Waals surface area contributed by atoms with Gasteiger partial charge in [0.1, 0.15) is 5.75 Å². The number of nitrogens with zero attached hydrogens (tertiary/aromatic N) is 4. The van der Waals surface area contributed by atoms with Crippen LogP contribution in [0, 0.1) is 0 Å². The maximum atomic E-state index is 12.3. The molecule has 0 bridgehead atoms. The van der Waals surface area contributed by atoms with Gasteiger partial charge in [-0.2, -0.15) is 0 Å². The van der Waals surface area contributed by atoms with Gasteiger partial charge in [0, 0.05) is 15.4 Å². The second kappa shape index (κ2) is 7.89. The summed E-state index contributed by atoms with van der Waals surface area (Å²) in [6.07, 6.45) is 0. The van der Waals surface area contributed by atoms with Crippen LogP contribution in [0.2, 0.25) is 0 Å². The molecular weight excluding hydrogens is 412 g/mol. The van der Waals surface area contributed by atoms with Crippen LogP contribution >= 0.6 is 15.9 Å². The topological polar surface area (TPSA) is 79.4 Å². The quantitative estimate of drug-likeness (QED) is 0.601. The van der Waals surface area contributed by atoms with Crippen molar-refractivity contribution < 1.29 is 14.6 Å². The van der Waals surface area contributed by atoms with Crippen molar-refractivity contribution in [2.45, 2.75) is 6.67 Å². The summed E-state index contributed by atoms with van der Waals surface area (Å²) in [6.45, 7) is 0.464. The van der Waals surface area contributed by atoms with Crippen LogP contribution in [0.4, 0.5) is 5.69 Å². The number of amides is 1. The molecule has 7 nitrogen and oxygen atoms in total. The maximum Gasteiger partial charge on any atom is 0.295 e. The Balaban J connectivity index is 2.00. The van der Waals surface area contributed by atoms with Gasteiger partial charge in [0.15, 0.2) is 5.69 Å². The molecule has 0 aliphatic heterocycles. The predicted octanol–water partition coefficient (Wildman–Crippen LogP) is 4.56. The highest BCUT2D eigenvalue weighted by molar-refractivity contribution is 9.10. The number of halogens is 1. The van der Waals surface area contributed by atoms with Gasteiger partial charge in [0.05, 0.1) is 19.3 Å². The molecule has 0 saturated carbocycles. The molecule has 0 radical (unpaired) electrons. The van der Waals surface area contributed by atoms with E-state index in [-0.39, 0.29) is 11.6 Å². The fourth-order valence-electron chi connectivity index (χ4n) is 2.71. The maximum absolute atomic E-state index is 12.3. The van der Waals surface area contributed by atoms with Crippen LogP contribution in [0.15, 0.2) is 57.2 Å². The van der Waals surface area contributed by atoms with Gasteiger partial charge in [0.2, 0.25) is 5.88 Å². The van der Waals surface area contributed by atoms with Crippen LogP contribution in [0.5, 0.6) is 11.6 Å². The van der Waals surface area contributed by atoms with Crippen molar-refractivity contribution in [3.8, 4) is 11.6 Å². The van der Waals surface area contributed by atoms with Crippen LogP contribution in [0.25, 0.3) is 10.9 Å². The fraction of sp³-hybridized carbons (Fsp3) is 0.211. The van der Waals surface area contributed by atoms with Gasteiger partial charge >= 0.3 is 0 Å². The van der Waals surface area contributed by atoms with Gasteiger partial charge in [0.25, 0.3) is 5.91 Å². The van der Waals surface area contributed by atoms with Crippen molar-refractivity contribution in [2.24, 2.45) is 10.2 Å². The Kier molecular flexibility index (Phi) is 5.57. The van der Waals surface area contributed by atoms with E-state index in [0.29, 0.717) is 23.4 Å². The van der Waals surface area contributed by atoms with Gasteiger partial charge in [-0.3, -0.25) is 14.3 Å². The van der Waals surface area contributed by atoms with Gasteiger partial charge in [-0.25, -0.2) is 0 Å². The normalized spacial score (nSPS) is 11.6. The fourth-order valence-corrected chi connectivity index (χ4v) is 3.07. The smallest absolute Gasteiger partial charge is 0.295 e. The third-order valence-corrected chi connectivity index (χ3v) is 4.47. The van der Waals surface area contributed by atoms with Crippen molar-refractivity contribution in [3.05, 3.63) is 52.5 Å². The number of carbonyl (C=O) groups excluding carboxylic acids is 1. The first-order valence-electron chi connectivity index (χ1n) is 8.16. The number of hydrogen-bond donors (Lipinski definition) is 1. The zero-order valence-corrected chi connectivity index (χ0v) is 16.8. The molecular formula is C19H19BrN4O3. The molecule has 140 valence electrons. The Morgan fingerprint density at radius 3 is 2.56 bits per heavy atom. The largest absolute Gasteiger partial charge is 0.497 e. The van der Waals surface area contributed by atoms with Crippen LogP contribution in [-0.4, -0.2) is 41.7 Å². The number of benzene rings is 2. The molecule has 1 aromatic heterocycles. The van der Waals surface area contributed by atoms with Gasteiger partial charge in [-0.05, 0) is 56.6 Å². The lowest BCUT2D eigenvalue weighted by Crippen LogP contribution is -2.16. The lowest BCUT2D eigenvalue weighted by molar-refractivity contribution is 0.0995. The molecule has 0 aliphatic carbocycles. The molecule has 0 fully saturated rings. The monoisotopic (exact) mass is 430 g/mol. The first kappa shape index (κ1) is 19.1. The molecule has 3 aromatic rings. The molecule has 8 heteroatoms. The standard InChI is InChI=1S/C19H19BrN4O3/c1-23(2)11-24-16-9-6-13(20)10-15(16)17(19(24)26)21-22-18(25)12-4-7-14(27-3)8-5-12/h4-10,26H,11H2,1-3H3. The Bertz CT molecular complexity index is 1010. The number of aromatic hydroxyl groups is 1. The van der Waals surface area contributed by atoms with Crippen molar-refractivity contribution in [1.82, 2.24) is 9.47 Å². The van der Waals surface area contributed by atoms with E-state index in [2.05, 4.69) is 26.2 Å². The summed E-state index contributed by atoms with van der Waals surface area (Å²) in [5, 5.41) is 19.2. The summed E-state index contributed by atoms with van der Waals surface area (Å²) >= 11 is 3.43. The van der Waals surface area contributed by atoms with Crippen LogP contribution in [-0.2, 0) is 6.67 Å². The molecule has 1 amide bonds. The molecule has 0 unspecified atom stereocenters. The molecule has 0 saturated heterocycles. The minimum Gasteiger partial charge on any atom is -0.497 e. The third-order valence-electron chi connectivity index (χ3n) is 3.97. The number of azo groups is 1. The summed E-state index contributed by atoms with van der Waals surface area (Å²) in [6, 6.07) is 12.2. The second-order valence-electron chi connectivity index (χ2n) is 6.22. The number of hydrogen-bond acceptors (Lipinski definition) is 5. The van der Waals surface area contributed by atoms with E-state index < -0.39 is 5.91 Å². The van der Waals surface area contributed by atoms with E-state index in [0.717, 1.165) is 9.99 Å². The zero-order chi connectivity index (χ0) is 19.6. The predicted molar refractivity (Wildman–Crippen MR) is 107 cm³/mol. The highest BCUT2D eigenvalue weighted by atomic mass is 79.9. The summed E-state index contributed by atoms with van der Waals surface area (Å²) in [7, 11) is 5.36. The molecule has 0 spiro atoms. The molecule has 1 heterocycles. The summed E-state index contributed by atoms with van der Waals surface area (Å²) in [4.78, 5) is 14.2. The lowest BCUT2D eigenvalue weighted by atomic mass is 10.2.